The molecule has 1 aromatic carbocycles. The SMILES string of the molecule is Nc1c(I)cnn1-c1cccc(F)c1. The lowest BCUT2D eigenvalue weighted by atomic mass is 10.3. The van der Waals surface area contributed by atoms with Crippen LogP contribution in [0.2, 0.25) is 0 Å². The minimum absolute atomic E-state index is 0.299. The van der Waals surface area contributed by atoms with Gasteiger partial charge in [-0.2, -0.15) is 5.10 Å². The Morgan fingerprint density at radius 3 is 2.79 bits per heavy atom. The van der Waals surface area contributed by atoms with Gasteiger partial charge in [0, 0.05) is 0 Å². The van der Waals surface area contributed by atoms with Crippen LogP contribution in [0.5, 0.6) is 0 Å². The van der Waals surface area contributed by atoms with Crippen LogP contribution in [-0.4, -0.2) is 9.78 Å². The van der Waals surface area contributed by atoms with Gasteiger partial charge in [0.05, 0.1) is 15.5 Å². The van der Waals surface area contributed by atoms with Crippen LogP contribution in [0.25, 0.3) is 5.69 Å². The van der Waals surface area contributed by atoms with E-state index in [0.29, 0.717) is 11.5 Å². The molecule has 1 aromatic heterocycles. The number of rotatable bonds is 1. The molecule has 0 saturated heterocycles. The highest BCUT2D eigenvalue weighted by atomic mass is 127. The van der Waals surface area contributed by atoms with Crippen LogP contribution in [0.4, 0.5) is 10.2 Å². The Labute approximate surface area is 93.9 Å². The molecule has 2 aromatic rings. The standard InChI is InChI=1S/C9H7FIN3/c10-6-2-1-3-7(4-6)14-9(12)8(11)5-13-14/h1-5H,12H2. The Morgan fingerprint density at radius 2 is 2.21 bits per heavy atom. The summed E-state index contributed by atoms with van der Waals surface area (Å²) in [6.45, 7) is 0. The molecule has 0 saturated carbocycles. The Kier molecular flexibility index (Phi) is 2.40. The Balaban J connectivity index is 2.55. The number of hydrogen-bond donors (Lipinski definition) is 1. The summed E-state index contributed by atoms with van der Waals surface area (Å²) in [5.74, 6) is 0.226. The predicted molar refractivity (Wildman–Crippen MR) is 60.7 cm³/mol. The number of nitrogen functional groups attached to an aromatic ring is 1. The third-order valence-corrected chi connectivity index (χ3v) is 2.64. The maximum Gasteiger partial charge on any atom is 0.140 e. The van der Waals surface area contributed by atoms with Crippen molar-refractivity contribution in [1.29, 1.82) is 0 Å². The van der Waals surface area contributed by atoms with E-state index in [1.54, 1.807) is 18.3 Å². The number of benzene rings is 1. The molecule has 2 rings (SSSR count). The van der Waals surface area contributed by atoms with Gasteiger partial charge in [-0.25, -0.2) is 9.07 Å². The molecule has 14 heavy (non-hydrogen) atoms. The van der Waals surface area contributed by atoms with E-state index < -0.39 is 0 Å². The summed E-state index contributed by atoms with van der Waals surface area (Å²) in [5, 5.41) is 4.04. The van der Waals surface area contributed by atoms with Gasteiger partial charge in [0.2, 0.25) is 0 Å². The Hall–Kier alpha value is -1.11. The molecule has 72 valence electrons. The molecule has 0 radical (unpaired) electrons. The first kappa shape index (κ1) is 9.45. The van der Waals surface area contributed by atoms with Crippen molar-refractivity contribution in [2.75, 3.05) is 5.73 Å². The van der Waals surface area contributed by atoms with E-state index >= 15 is 0 Å². The van der Waals surface area contributed by atoms with Gasteiger partial charge in [0.1, 0.15) is 11.6 Å². The van der Waals surface area contributed by atoms with Crippen molar-refractivity contribution in [2.24, 2.45) is 0 Å². The highest BCUT2D eigenvalue weighted by molar-refractivity contribution is 14.1. The zero-order valence-electron chi connectivity index (χ0n) is 7.11. The highest BCUT2D eigenvalue weighted by Crippen LogP contribution is 2.18. The summed E-state index contributed by atoms with van der Waals surface area (Å²) < 4.78 is 15.3. The zero-order chi connectivity index (χ0) is 10.1. The molecular weight excluding hydrogens is 296 g/mol. The average molecular weight is 303 g/mol. The van der Waals surface area contributed by atoms with E-state index in [4.69, 9.17) is 5.73 Å². The average Bonchev–Trinajstić information content (AvgIpc) is 2.48. The van der Waals surface area contributed by atoms with E-state index in [9.17, 15) is 4.39 Å². The van der Waals surface area contributed by atoms with Crippen molar-refractivity contribution in [2.45, 2.75) is 0 Å². The fourth-order valence-electron chi connectivity index (χ4n) is 1.15. The Bertz CT molecular complexity index is 467. The normalized spacial score (nSPS) is 10.4. The monoisotopic (exact) mass is 303 g/mol. The van der Waals surface area contributed by atoms with E-state index in [1.807, 2.05) is 0 Å². The van der Waals surface area contributed by atoms with Crippen LogP contribution < -0.4 is 5.73 Å². The second-order valence-corrected chi connectivity index (χ2v) is 3.93. The minimum atomic E-state index is -0.299. The molecule has 0 bridgehead atoms. The number of halogens is 2. The van der Waals surface area contributed by atoms with E-state index in [-0.39, 0.29) is 5.82 Å². The lowest BCUT2D eigenvalue weighted by Crippen LogP contribution is -2.02. The molecule has 0 unspecified atom stereocenters. The van der Waals surface area contributed by atoms with E-state index in [0.717, 1.165) is 3.57 Å². The van der Waals surface area contributed by atoms with Gasteiger partial charge in [0.25, 0.3) is 0 Å². The number of aromatic nitrogens is 2. The first-order chi connectivity index (χ1) is 6.68. The van der Waals surface area contributed by atoms with Crippen molar-refractivity contribution in [3.63, 3.8) is 0 Å². The van der Waals surface area contributed by atoms with Gasteiger partial charge in [-0.15, -0.1) is 0 Å². The fourth-order valence-corrected chi connectivity index (χ4v) is 1.50. The van der Waals surface area contributed by atoms with Crippen molar-refractivity contribution in [3.05, 3.63) is 39.8 Å². The van der Waals surface area contributed by atoms with Crippen molar-refractivity contribution >= 4 is 28.4 Å². The lowest BCUT2D eigenvalue weighted by molar-refractivity contribution is 0.625. The third-order valence-electron chi connectivity index (χ3n) is 1.81. The van der Waals surface area contributed by atoms with Gasteiger partial charge < -0.3 is 5.73 Å². The first-order valence-corrected chi connectivity index (χ1v) is 5.01. The van der Waals surface area contributed by atoms with Crippen LogP contribution in [0, 0.1) is 9.39 Å². The zero-order valence-corrected chi connectivity index (χ0v) is 9.27. The van der Waals surface area contributed by atoms with Crippen molar-refractivity contribution < 1.29 is 4.39 Å². The van der Waals surface area contributed by atoms with Crippen LogP contribution in [0.15, 0.2) is 30.5 Å². The van der Waals surface area contributed by atoms with Crippen LogP contribution in [0.1, 0.15) is 0 Å². The quantitative estimate of drug-likeness (QED) is 0.821. The summed E-state index contributed by atoms with van der Waals surface area (Å²) in [6.07, 6.45) is 1.64. The molecular formula is C9H7FIN3. The number of anilines is 1. The minimum Gasteiger partial charge on any atom is -0.383 e. The van der Waals surface area contributed by atoms with Crippen molar-refractivity contribution in [3.8, 4) is 5.69 Å². The molecule has 0 amide bonds. The smallest absolute Gasteiger partial charge is 0.140 e. The summed E-state index contributed by atoms with van der Waals surface area (Å²) in [4.78, 5) is 0. The van der Waals surface area contributed by atoms with Gasteiger partial charge in [-0.1, -0.05) is 6.07 Å². The van der Waals surface area contributed by atoms with Gasteiger partial charge in [0.15, 0.2) is 0 Å². The molecule has 0 spiro atoms. The molecule has 5 heteroatoms. The molecule has 0 fully saturated rings. The second kappa shape index (κ2) is 3.56. The van der Waals surface area contributed by atoms with Crippen LogP contribution in [-0.2, 0) is 0 Å². The number of hydrogen-bond acceptors (Lipinski definition) is 2. The third kappa shape index (κ3) is 1.59. The molecule has 0 aliphatic rings. The largest absolute Gasteiger partial charge is 0.383 e. The summed E-state index contributed by atoms with van der Waals surface area (Å²) >= 11 is 2.08. The van der Waals surface area contributed by atoms with Gasteiger partial charge in [-0.05, 0) is 40.8 Å². The lowest BCUT2D eigenvalue weighted by Gasteiger charge is -2.03. The summed E-state index contributed by atoms with van der Waals surface area (Å²) in [7, 11) is 0. The first-order valence-electron chi connectivity index (χ1n) is 3.93. The molecule has 0 aliphatic heterocycles. The van der Waals surface area contributed by atoms with Crippen LogP contribution >= 0.6 is 22.6 Å². The number of nitrogens with zero attached hydrogens (tertiary/aromatic N) is 2. The highest BCUT2D eigenvalue weighted by Gasteiger charge is 2.06. The predicted octanol–water partition coefficient (Wildman–Crippen LogP) is 2.20. The maximum atomic E-state index is 12.9. The number of nitrogens with two attached hydrogens (primary N) is 1. The van der Waals surface area contributed by atoms with Gasteiger partial charge in [-0.3, -0.25) is 0 Å². The summed E-state index contributed by atoms with van der Waals surface area (Å²) in [5.41, 5.74) is 6.39. The maximum absolute atomic E-state index is 12.9. The molecule has 0 atom stereocenters. The van der Waals surface area contributed by atoms with E-state index in [2.05, 4.69) is 27.7 Å². The molecule has 0 aliphatic carbocycles. The topological polar surface area (TPSA) is 43.8 Å². The van der Waals surface area contributed by atoms with Crippen molar-refractivity contribution in [1.82, 2.24) is 9.78 Å². The molecule has 1 heterocycles. The fraction of sp³-hybridized carbons (Fsp3) is 0. The van der Waals surface area contributed by atoms with E-state index in [1.165, 1.54) is 16.8 Å². The second-order valence-electron chi connectivity index (χ2n) is 2.77. The Morgan fingerprint density at radius 1 is 1.43 bits per heavy atom. The summed E-state index contributed by atoms with van der Waals surface area (Å²) in [6, 6.07) is 6.15. The molecule has 3 nitrogen and oxygen atoms in total. The molecule has 2 N–H and O–H groups in total. The van der Waals surface area contributed by atoms with Crippen LogP contribution in [0.3, 0.4) is 0 Å². The van der Waals surface area contributed by atoms with Gasteiger partial charge >= 0.3 is 0 Å².